The van der Waals surface area contributed by atoms with Crippen molar-refractivity contribution in [1.29, 1.82) is 0 Å². The van der Waals surface area contributed by atoms with Gasteiger partial charge in [0.15, 0.2) is 0 Å². The summed E-state index contributed by atoms with van der Waals surface area (Å²) in [5.41, 5.74) is 1.85. The summed E-state index contributed by atoms with van der Waals surface area (Å²) in [7, 11) is 0. The lowest BCUT2D eigenvalue weighted by molar-refractivity contribution is -0.139. The lowest BCUT2D eigenvalue weighted by Crippen LogP contribution is -2.45. The minimum atomic E-state index is -0.220. The smallest absolute Gasteiger partial charge is 0.229 e. The van der Waals surface area contributed by atoms with E-state index in [0.717, 1.165) is 75.8 Å². The van der Waals surface area contributed by atoms with Gasteiger partial charge in [-0.25, -0.2) is 0 Å². The molecule has 1 aliphatic carbocycles. The molecular weight excluding hydrogens is 483 g/mol. The van der Waals surface area contributed by atoms with Gasteiger partial charge in [0.05, 0.1) is 21.5 Å². The van der Waals surface area contributed by atoms with Gasteiger partial charge in [0, 0.05) is 37.9 Å². The maximum absolute atomic E-state index is 13.3. The third-order valence-electron chi connectivity index (χ3n) is 7.86. The van der Waals surface area contributed by atoms with Crippen LogP contribution in [0.2, 0.25) is 10.0 Å². The average Bonchev–Trinajstić information content (AvgIpc) is 3.69. The largest absolute Gasteiger partial charge is 0.349 e. The number of piperidine rings is 1. The van der Waals surface area contributed by atoms with E-state index in [-0.39, 0.29) is 23.3 Å². The molecule has 1 N–H and O–H groups in total. The normalized spacial score (nSPS) is 20.9. The molecule has 0 bridgehead atoms. The maximum atomic E-state index is 13.3. The summed E-state index contributed by atoms with van der Waals surface area (Å²) in [6, 6.07) is 9.45. The molecule has 1 aromatic heterocycles. The molecule has 186 valence electrons. The Kier molecular flexibility index (Phi) is 7.33. The molecule has 1 aromatic carbocycles. The number of likely N-dealkylation sites (tertiary alicyclic amines) is 2. The Balaban J connectivity index is 1.17. The van der Waals surface area contributed by atoms with Gasteiger partial charge in [-0.15, -0.1) is 0 Å². The first-order valence-corrected chi connectivity index (χ1v) is 13.4. The molecule has 1 saturated carbocycles. The highest BCUT2D eigenvalue weighted by Gasteiger charge is 2.47. The van der Waals surface area contributed by atoms with Gasteiger partial charge < -0.3 is 15.1 Å². The van der Waals surface area contributed by atoms with Crippen molar-refractivity contribution in [3.05, 3.63) is 63.9 Å². The summed E-state index contributed by atoms with van der Waals surface area (Å²) < 4.78 is 0. The Bertz CT molecular complexity index is 1070. The molecule has 0 radical (unpaired) electrons. The third kappa shape index (κ3) is 5.65. The zero-order valence-electron chi connectivity index (χ0n) is 19.9. The van der Waals surface area contributed by atoms with Crippen molar-refractivity contribution in [2.75, 3.05) is 26.2 Å². The maximum Gasteiger partial charge on any atom is 0.229 e. The second kappa shape index (κ2) is 10.5. The lowest BCUT2D eigenvalue weighted by atomic mass is 9.77. The molecule has 3 fully saturated rings. The summed E-state index contributed by atoms with van der Waals surface area (Å²) in [5, 5.41) is 4.25. The highest BCUT2D eigenvalue weighted by Crippen LogP contribution is 2.42. The minimum absolute atomic E-state index is 0.100. The third-order valence-corrected chi connectivity index (χ3v) is 8.59. The molecule has 2 saturated heterocycles. The zero-order valence-corrected chi connectivity index (χ0v) is 21.4. The molecule has 1 spiro atoms. The number of nitrogens with zero attached hydrogens (tertiary/aromatic N) is 3. The first-order chi connectivity index (χ1) is 16.9. The number of benzene rings is 1. The van der Waals surface area contributed by atoms with Gasteiger partial charge in [0.1, 0.15) is 0 Å². The SMILES string of the molecule is O=C(NC(CCN1CCC2(CC1)CCN(Cc1cccnc1)C2=O)c1ccc(Cl)c(Cl)c1)C1CC1. The van der Waals surface area contributed by atoms with Crippen molar-refractivity contribution in [1.82, 2.24) is 20.1 Å². The van der Waals surface area contributed by atoms with Gasteiger partial charge in [-0.3, -0.25) is 14.6 Å². The predicted octanol–water partition coefficient (Wildman–Crippen LogP) is 4.86. The van der Waals surface area contributed by atoms with Gasteiger partial charge in [-0.05, 0) is 80.9 Å². The Labute approximate surface area is 217 Å². The van der Waals surface area contributed by atoms with Crippen LogP contribution in [-0.4, -0.2) is 52.8 Å². The number of carbonyl (C=O) groups is 2. The van der Waals surface area contributed by atoms with Crippen LogP contribution >= 0.6 is 23.2 Å². The van der Waals surface area contributed by atoms with Gasteiger partial charge in [0.25, 0.3) is 0 Å². The summed E-state index contributed by atoms with van der Waals surface area (Å²) in [4.78, 5) is 34.4. The van der Waals surface area contributed by atoms with Crippen molar-refractivity contribution in [2.45, 2.75) is 51.1 Å². The van der Waals surface area contributed by atoms with Crippen LogP contribution in [0, 0.1) is 11.3 Å². The second-order valence-corrected chi connectivity index (χ2v) is 11.1. The quantitative estimate of drug-likeness (QED) is 0.546. The standard InChI is InChI=1S/C27H32Cl2N4O2/c28-22-6-5-21(16-23(22)29)24(31-25(34)20-3-4-20)7-12-32-13-8-27(9-14-32)10-15-33(26(27)35)18-19-2-1-11-30-17-19/h1-2,5-6,11,16-17,20,24H,3-4,7-10,12-15,18H2,(H,31,34). The molecule has 3 heterocycles. The number of amides is 2. The van der Waals surface area contributed by atoms with Gasteiger partial charge in [-0.2, -0.15) is 0 Å². The van der Waals surface area contributed by atoms with Crippen molar-refractivity contribution in [2.24, 2.45) is 11.3 Å². The first-order valence-electron chi connectivity index (χ1n) is 12.6. The fourth-order valence-corrected chi connectivity index (χ4v) is 5.73. The van der Waals surface area contributed by atoms with E-state index in [1.54, 1.807) is 12.3 Å². The number of rotatable bonds is 8. The summed E-state index contributed by atoms with van der Waals surface area (Å²) in [5.74, 6) is 0.577. The first kappa shape index (κ1) is 24.5. The summed E-state index contributed by atoms with van der Waals surface area (Å²) in [6.45, 7) is 4.12. The molecule has 5 rings (SSSR count). The molecule has 6 nitrogen and oxygen atoms in total. The van der Waals surface area contributed by atoms with E-state index in [4.69, 9.17) is 23.2 Å². The molecule has 2 aliphatic heterocycles. The molecule has 3 aliphatic rings. The Morgan fingerprint density at radius 1 is 1.11 bits per heavy atom. The number of hydrogen-bond donors (Lipinski definition) is 1. The average molecular weight is 515 g/mol. The van der Waals surface area contributed by atoms with Crippen LogP contribution in [0.3, 0.4) is 0 Å². The number of nitrogens with one attached hydrogen (secondary N) is 1. The zero-order chi connectivity index (χ0) is 24.4. The summed E-state index contributed by atoms with van der Waals surface area (Å²) >= 11 is 12.4. The highest BCUT2D eigenvalue weighted by molar-refractivity contribution is 6.42. The molecule has 2 aromatic rings. The van der Waals surface area contributed by atoms with Crippen LogP contribution in [0.15, 0.2) is 42.7 Å². The Morgan fingerprint density at radius 3 is 2.57 bits per heavy atom. The van der Waals surface area contributed by atoms with Crippen molar-refractivity contribution >= 4 is 35.0 Å². The number of aromatic nitrogens is 1. The lowest BCUT2D eigenvalue weighted by Gasteiger charge is -2.38. The van der Waals surface area contributed by atoms with Crippen LogP contribution in [0.1, 0.15) is 55.7 Å². The molecule has 35 heavy (non-hydrogen) atoms. The molecule has 2 amide bonds. The summed E-state index contributed by atoms with van der Waals surface area (Å²) in [6.07, 6.45) is 9.05. The molecule has 1 atom stereocenters. The number of halogens is 2. The topological polar surface area (TPSA) is 65.5 Å². The molecule has 1 unspecified atom stereocenters. The Hall–Kier alpha value is -2.15. The van der Waals surface area contributed by atoms with E-state index >= 15 is 0 Å². The van der Waals surface area contributed by atoms with Crippen LogP contribution in [0.5, 0.6) is 0 Å². The van der Waals surface area contributed by atoms with Crippen molar-refractivity contribution in [3.8, 4) is 0 Å². The number of pyridine rings is 1. The van der Waals surface area contributed by atoms with E-state index in [2.05, 4.69) is 15.2 Å². The van der Waals surface area contributed by atoms with E-state index in [9.17, 15) is 9.59 Å². The molecule has 8 heteroatoms. The minimum Gasteiger partial charge on any atom is -0.349 e. The van der Waals surface area contributed by atoms with Crippen molar-refractivity contribution in [3.63, 3.8) is 0 Å². The Morgan fingerprint density at radius 2 is 1.89 bits per heavy atom. The van der Waals surface area contributed by atoms with Crippen LogP contribution in [-0.2, 0) is 16.1 Å². The fourth-order valence-electron chi connectivity index (χ4n) is 5.42. The van der Waals surface area contributed by atoms with Crippen LogP contribution in [0.4, 0.5) is 0 Å². The number of hydrogen-bond acceptors (Lipinski definition) is 4. The fraction of sp³-hybridized carbons (Fsp3) is 0.519. The van der Waals surface area contributed by atoms with E-state index in [0.29, 0.717) is 22.5 Å². The number of carbonyl (C=O) groups excluding carboxylic acids is 2. The van der Waals surface area contributed by atoms with E-state index < -0.39 is 0 Å². The van der Waals surface area contributed by atoms with E-state index in [1.165, 1.54) is 0 Å². The van der Waals surface area contributed by atoms with Gasteiger partial charge in [0.2, 0.25) is 11.8 Å². The van der Waals surface area contributed by atoms with E-state index in [1.807, 2.05) is 35.4 Å². The van der Waals surface area contributed by atoms with Crippen molar-refractivity contribution < 1.29 is 9.59 Å². The second-order valence-electron chi connectivity index (χ2n) is 10.3. The molecular formula is C27H32Cl2N4O2. The van der Waals surface area contributed by atoms with Gasteiger partial charge in [-0.1, -0.05) is 35.3 Å². The predicted molar refractivity (Wildman–Crippen MR) is 137 cm³/mol. The van der Waals surface area contributed by atoms with Crippen LogP contribution < -0.4 is 5.32 Å². The highest BCUT2D eigenvalue weighted by atomic mass is 35.5. The van der Waals surface area contributed by atoms with Crippen LogP contribution in [0.25, 0.3) is 0 Å². The van der Waals surface area contributed by atoms with Gasteiger partial charge >= 0.3 is 0 Å². The monoisotopic (exact) mass is 514 g/mol.